The molecule has 0 aromatic heterocycles. The number of aliphatic hydroxyl groups is 2. The van der Waals surface area contributed by atoms with Crippen molar-refractivity contribution >= 4 is 11.6 Å². The van der Waals surface area contributed by atoms with Crippen molar-refractivity contribution in [2.75, 3.05) is 6.61 Å². The fraction of sp³-hybridized carbons (Fsp3) is 0.636. The van der Waals surface area contributed by atoms with Crippen molar-refractivity contribution in [3.63, 3.8) is 0 Å². The molecule has 0 aliphatic heterocycles. The Morgan fingerprint density at radius 1 is 1.37 bits per heavy atom. The Labute approximate surface area is 158 Å². The molecule has 0 bridgehead atoms. The van der Waals surface area contributed by atoms with Gasteiger partial charge >= 0.3 is 0 Å². The Kier molecular flexibility index (Phi) is 4.13. The Morgan fingerprint density at radius 3 is 2.74 bits per heavy atom. The number of carbonyl (C=O) groups excluding carboxylic acids is 2. The van der Waals surface area contributed by atoms with Crippen molar-refractivity contribution in [1.82, 2.24) is 0 Å². The average Bonchev–Trinajstić information content (AvgIpc) is 2.85. The van der Waals surface area contributed by atoms with Gasteiger partial charge < -0.3 is 10.2 Å². The number of carbonyl (C=O) groups is 2. The summed E-state index contributed by atoms with van der Waals surface area (Å²) in [6, 6.07) is 0. The lowest BCUT2D eigenvalue weighted by Crippen LogP contribution is -2.49. The summed E-state index contributed by atoms with van der Waals surface area (Å²) in [5, 5.41) is 20.6. The highest BCUT2D eigenvalue weighted by molar-refractivity contribution is 6.01. The van der Waals surface area contributed by atoms with Gasteiger partial charge in [-0.05, 0) is 60.3 Å². The lowest BCUT2D eigenvalue weighted by Gasteiger charge is -2.52. The van der Waals surface area contributed by atoms with Gasteiger partial charge in [0.25, 0.3) is 0 Å². The van der Waals surface area contributed by atoms with Gasteiger partial charge in [0.15, 0.2) is 11.6 Å². The molecule has 7 atom stereocenters. The quantitative estimate of drug-likeness (QED) is 0.729. The van der Waals surface area contributed by atoms with Gasteiger partial charge in [0.2, 0.25) is 0 Å². The summed E-state index contributed by atoms with van der Waals surface area (Å²) in [5.74, 6) is -0.653. The van der Waals surface area contributed by atoms with Crippen LogP contribution in [0.15, 0.2) is 34.9 Å². The molecule has 4 rings (SSSR count). The first kappa shape index (κ1) is 18.8. The van der Waals surface area contributed by atoms with E-state index in [4.69, 9.17) is 0 Å². The van der Waals surface area contributed by atoms with E-state index in [1.54, 1.807) is 6.08 Å². The number of aliphatic hydroxyl groups excluding tert-OH is 2. The first-order chi connectivity index (χ1) is 12.6. The molecule has 4 aliphatic rings. The minimum absolute atomic E-state index is 0.00838. The molecule has 0 aromatic rings. The fourth-order valence-electron chi connectivity index (χ4n) is 6.75. The SMILES string of the molecule is C[C@@H]1C[C@H]2C3=C([C@@H](O)C[C@]2(C)[C@H]1C(=O)CO)[C@@]1(C)C=CC(=O)C=C1[C@@H](F)C3. The second-order valence-electron chi connectivity index (χ2n) is 9.24. The molecule has 1 saturated carbocycles. The monoisotopic (exact) mass is 374 g/mol. The summed E-state index contributed by atoms with van der Waals surface area (Å²) in [6.07, 6.45) is 3.85. The molecule has 1 fully saturated rings. The number of alkyl halides is 1. The van der Waals surface area contributed by atoms with Gasteiger partial charge in [-0.1, -0.05) is 25.5 Å². The van der Waals surface area contributed by atoms with Crippen molar-refractivity contribution in [3.05, 3.63) is 34.9 Å². The van der Waals surface area contributed by atoms with Gasteiger partial charge in [0.1, 0.15) is 12.8 Å². The highest BCUT2D eigenvalue weighted by Gasteiger charge is 2.60. The number of Topliss-reactive ketones (excluding diaryl/α,β-unsaturated/α-hetero) is 1. The van der Waals surface area contributed by atoms with E-state index < -0.39 is 29.7 Å². The molecule has 146 valence electrons. The van der Waals surface area contributed by atoms with Crippen LogP contribution in [0.2, 0.25) is 0 Å². The van der Waals surface area contributed by atoms with Gasteiger partial charge in [0.05, 0.1) is 6.10 Å². The molecule has 0 unspecified atom stereocenters. The van der Waals surface area contributed by atoms with Crippen LogP contribution in [0.3, 0.4) is 0 Å². The van der Waals surface area contributed by atoms with E-state index in [0.29, 0.717) is 12.0 Å². The Bertz CT molecular complexity index is 809. The molecule has 0 heterocycles. The maximum atomic E-state index is 15.2. The Morgan fingerprint density at radius 2 is 2.07 bits per heavy atom. The number of fused-ring (bicyclic) bond motifs is 4. The molecular formula is C22H27FO4. The van der Waals surface area contributed by atoms with Crippen molar-refractivity contribution < 1.29 is 24.2 Å². The third-order valence-electron chi connectivity index (χ3n) is 7.69. The van der Waals surface area contributed by atoms with Crippen molar-refractivity contribution in [1.29, 1.82) is 0 Å². The number of hydrogen-bond acceptors (Lipinski definition) is 4. The lowest BCUT2D eigenvalue weighted by atomic mass is 9.53. The molecule has 4 nitrogen and oxygen atoms in total. The van der Waals surface area contributed by atoms with E-state index in [1.165, 1.54) is 12.2 Å². The highest BCUT2D eigenvalue weighted by atomic mass is 19.1. The van der Waals surface area contributed by atoms with E-state index in [1.807, 2.05) is 20.8 Å². The molecular weight excluding hydrogens is 347 g/mol. The lowest BCUT2D eigenvalue weighted by molar-refractivity contribution is -0.131. The van der Waals surface area contributed by atoms with Crippen LogP contribution in [0, 0.1) is 28.6 Å². The third-order valence-corrected chi connectivity index (χ3v) is 7.69. The van der Waals surface area contributed by atoms with Gasteiger partial charge in [-0.3, -0.25) is 9.59 Å². The van der Waals surface area contributed by atoms with Crippen molar-refractivity contribution in [3.8, 4) is 0 Å². The number of ketones is 2. The number of halogens is 1. The molecule has 0 amide bonds. The number of rotatable bonds is 2. The number of allylic oxidation sites excluding steroid dienone is 5. The molecule has 0 saturated heterocycles. The fourth-order valence-corrected chi connectivity index (χ4v) is 6.75. The number of hydrogen-bond donors (Lipinski definition) is 2. The molecule has 5 heteroatoms. The highest BCUT2D eigenvalue weighted by Crippen LogP contribution is 2.64. The van der Waals surface area contributed by atoms with Crippen LogP contribution in [0.25, 0.3) is 0 Å². The smallest absolute Gasteiger partial charge is 0.178 e. The van der Waals surface area contributed by atoms with Crippen LogP contribution in [0.5, 0.6) is 0 Å². The van der Waals surface area contributed by atoms with Gasteiger partial charge in [0, 0.05) is 17.8 Å². The van der Waals surface area contributed by atoms with Gasteiger partial charge in [-0.25, -0.2) is 4.39 Å². The van der Waals surface area contributed by atoms with E-state index in [0.717, 1.165) is 17.6 Å². The molecule has 4 aliphatic carbocycles. The summed E-state index contributed by atoms with van der Waals surface area (Å²) in [4.78, 5) is 24.3. The summed E-state index contributed by atoms with van der Waals surface area (Å²) < 4.78 is 15.2. The average molecular weight is 374 g/mol. The second-order valence-corrected chi connectivity index (χ2v) is 9.24. The van der Waals surface area contributed by atoms with E-state index >= 15 is 4.39 Å². The predicted octanol–water partition coefficient (Wildman–Crippen LogP) is 2.70. The molecule has 0 radical (unpaired) electrons. The maximum Gasteiger partial charge on any atom is 0.178 e. The summed E-state index contributed by atoms with van der Waals surface area (Å²) in [7, 11) is 0. The zero-order valence-corrected chi connectivity index (χ0v) is 16.0. The molecule has 27 heavy (non-hydrogen) atoms. The van der Waals surface area contributed by atoms with Crippen LogP contribution >= 0.6 is 0 Å². The largest absolute Gasteiger partial charge is 0.389 e. The summed E-state index contributed by atoms with van der Waals surface area (Å²) >= 11 is 0. The van der Waals surface area contributed by atoms with Crippen LogP contribution in [0.4, 0.5) is 4.39 Å². The first-order valence-corrected chi connectivity index (χ1v) is 9.78. The van der Waals surface area contributed by atoms with E-state index in [9.17, 15) is 19.8 Å². The van der Waals surface area contributed by atoms with Crippen molar-refractivity contribution in [2.24, 2.45) is 28.6 Å². The zero-order chi connectivity index (χ0) is 19.7. The normalized spacial score (nSPS) is 45.9. The third kappa shape index (κ3) is 2.40. The van der Waals surface area contributed by atoms with Gasteiger partial charge in [-0.15, -0.1) is 0 Å². The molecule has 0 aromatic carbocycles. The Hall–Kier alpha value is -1.59. The topological polar surface area (TPSA) is 74.6 Å². The van der Waals surface area contributed by atoms with Gasteiger partial charge in [-0.2, -0.15) is 0 Å². The van der Waals surface area contributed by atoms with E-state index in [-0.39, 0.29) is 35.7 Å². The maximum absolute atomic E-state index is 15.2. The van der Waals surface area contributed by atoms with Crippen LogP contribution in [-0.2, 0) is 9.59 Å². The van der Waals surface area contributed by atoms with Crippen LogP contribution in [-0.4, -0.2) is 40.7 Å². The second kappa shape index (κ2) is 5.95. The molecule has 2 N–H and O–H groups in total. The van der Waals surface area contributed by atoms with Crippen molar-refractivity contribution in [2.45, 2.75) is 52.3 Å². The minimum atomic E-state index is -1.26. The molecule has 0 spiro atoms. The minimum Gasteiger partial charge on any atom is -0.389 e. The predicted molar refractivity (Wildman–Crippen MR) is 98.5 cm³/mol. The summed E-state index contributed by atoms with van der Waals surface area (Å²) in [5.41, 5.74) is 0.901. The standard InChI is InChI=1S/C22H27FO4/c1-11-6-14-13-8-16(23)15-7-12(25)4-5-21(15,2)20(13)17(26)9-22(14,3)19(11)18(27)10-24/h4-5,7,11,14,16-17,19,24,26H,6,8-10H2,1-3H3/t11-,14+,16+,17+,19-,21+,22+/m1/s1. The van der Waals surface area contributed by atoms with Crippen LogP contribution in [0.1, 0.15) is 40.0 Å². The summed E-state index contributed by atoms with van der Waals surface area (Å²) in [6.45, 7) is 5.40. The van der Waals surface area contributed by atoms with E-state index in [2.05, 4.69) is 0 Å². The first-order valence-electron chi connectivity index (χ1n) is 9.78. The zero-order valence-electron chi connectivity index (χ0n) is 16.0. The Balaban J connectivity index is 1.87. The van der Waals surface area contributed by atoms with Crippen LogP contribution < -0.4 is 0 Å².